The van der Waals surface area contributed by atoms with E-state index in [4.69, 9.17) is 14.3 Å². The van der Waals surface area contributed by atoms with E-state index in [0.717, 1.165) is 0 Å². The molecule has 0 aliphatic heterocycles. The van der Waals surface area contributed by atoms with Gasteiger partial charge in [0.15, 0.2) is 0 Å². The number of nitrogens with one attached hydrogen (secondary N) is 1. The number of hydrogen-bond donors (Lipinski definition) is 2. The van der Waals surface area contributed by atoms with Gasteiger partial charge in [0.25, 0.3) is 0 Å². The molecule has 0 aliphatic carbocycles. The van der Waals surface area contributed by atoms with E-state index in [2.05, 4.69) is 0 Å². The first-order valence-corrected chi connectivity index (χ1v) is 6.82. The van der Waals surface area contributed by atoms with Crippen molar-refractivity contribution >= 4 is 22.8 Å². The van der Waals surface area contributed by atoms with Gasteiger partial charge in [0.2, 0.25) is 5.91 Å². The smallest absolute Gasteiger partial charge is 0.391 e. The van der Waals surface area contributed by atoms with Gasteiger partial charge in [-0.25, -0.2) is 4.79 Å². The maximum Gasteiger partial charge on any atom is 0.391 e. The molecule has 0 fully saturated rings. The predicted molar refractivity (Wildman–Crippen MR) is 76.7 cm³/mol. The number of carboxylic acid groups (broad SMARTS) is 1. The second kappa shape index (κ2) is 6.81. The number of halogens is 3. The van der Waals surface area contributed by atoms with Gasteiger partial charge >= 0.3 is 12.1 Å². The lowest BCUT2D eigenvalue weighted by atomic mass is 10.1. The molecule has 1 unspecified atom stereocenters. The van der Waals surface area contributed by atoms with Crippen LogP contribution in [0.3, 0.4) is 0 Å². The summed E-state index contributed by atoms with van der Waals surface area (Å²) in [4.78, 5) is 22.7. The number of fused-ring (bicyclic) bond motifs is 1. The van der Waals surface area contributed by atoms with Crippen LogP contribution < -0.4 is 10.1 Å². The lowest BCUT2D eigenvalue weighted by Gasteiger charge is -2.16. The first-order valence-electron chi connectivity index (χ1n) is 6.82. The van der Waals surface area contributed by atoms with Crippen LogP contribution in [0.1, 0.15) is 12.0 Å². The number of aliphatic carboxylic acids is 1. The molecule has 130 valence electrons. The highest BCUT2D eigenvalue weighted by Gasteiger charge is 2.36. The Labute approximate surface area is 134 Å². The van der Waals surface area contributed by atoms with Crippen molar-refractivity contribution in [3.63, 3.8) is 0 Å². The van der Waals surface area contributed by atoms with E-state index in [1.54, 1.807) is 18.2 Å². The Kier molecular flexibility index (Phi) is 5.01. The molecule has 1 aromatic carbocycles. The molecule has 1 atom stereocenters. The predicted octanol–water partition coefficient (Wildman–Crippen LogP) is 2.51. The number of carbonyl (C=O) groups excluding carboxylic acids is 1. The normalized spacial score (nSPS) is 12.8. The highest BCUT2D eigenvalue weighted by molar-refractivity contribution is 5.90. The van der Waals surface area contributed by atoms with Gasteiger partial charge in [-0.3, -0.25) is 4.79 Å². The number of carbonyl (C=O) groups is 2. The molecular weight excluding hydrogens is 331 g/mol. The number of methoxy groups -OCH3 is 1. The number of benzene rings is 1. The molecule has 1 aromatic heterocycles. The van der Waals surface area contributed by atoms with Crippen LogP contribution in [0.5, 0.6) is 5.75 Å². The summed E-state index contributed by atoms with van der Waals surface area (Å²) >= 11 is 0. The molecule has 2 aromatic rings. The van der Waals surface area contributed by atoms with E-state index in [-0.39, 0.29) is 6.42 Å². The molecule has 9 heteroatoms. The van der Waals surface area contributed by atoms with Crippen molar-refractivity contribution in [1.82, 2.24) is 5.32 Å². The second-order valence-corrected chi connectivity index (χ2v) is 5.08. The van der Waals surface area contributed by atoms with Gasteiger partial charge in [0.05, 0.1) is 26.2 Å². The molecule has 6 nitrogen and oxygen atoms in total. The summed E-state index contributed by atoms with van der Waals surface area (Å²) in [5.41, 5.74) is 0.878. The monoisotopic (exact) mass is 345 g/mol. The summed E-state index contributed by atoms with van der Waals surface area (Å²) in [5.74, 6) is -2.04. The Hall–Kier alpha value is -2.71. The van der Waals surface area contributed by atoms with Crippen LogP contribution >= 0.6 is 0 Å². The summed E-state index contributed by atoms with van der Waals surface area (Å²) in [7, 11) is 1.48. The van der Waals surface area contributed by atoms with E-state index >= 15 is 0 Å². The summed E-state index contributed by atoms with van der Waals surface area (Å²) in [6.45, 7) is 0. The molecule has 0 saturated heterocycles. The lowest BCUT2D eigenvalue weighted by molar-refractivity contribution is -0.159. The van der Waals surface area contributed by atoms with Gasteiger partial charge in [-0.15, -0.1) is 0 Å². The number of ether oxygens (including phenoxy) is 1. The second-order valence-electron chi connectivity index (χ2n) is 5.08. The van der Waals surface area contributed by atoms with Gasteiger partial charge in [-0.1, -0.05) is 0 Å². The summed E-state index contributed by atoms with van der Waals surface area (Å²) < 4.78 is 47.3. The lowest BCUT2D eigenvalue weighted by Crippen LogP contribution is -2.44. The average molecular weight is 345 g/mol. The minimum Gasteiger partial charge on any atom is -0.497 e. The number of amides is 1. The third-order valence-electron chi connectivity index (χ3n) is 3.28. The van der Waals surface area contributed by atoms with E-state index in [9.17, 15) is 22.8 Å². The molecule has 2 rings (SSSR count). The van der Waals surface area contributed by atoms with Gasteiger partial charge in [0, 0.05) is 17.0 Å². The number of alkyl halides is 3. The van der Waals surface area contributed by atoms with Crippen LogP contribution in [0.15, 0.2) is 28.9 Å². The van der Waals surface area contributed by atoms with Gasteiger partial charge in [-0.2, -0.15) is 13.2 Å². The van der Waals surface area contributed by atoms with Crippen LogP contribution in [-0.4, -0.2) is 36.3 Å². The highest BCUT2D eigenvalue weighted by atomic mass is 19.4. The molecule has 0 saturated carbocycles. The summed E-state index contributed by atoms with van der Waals surface area (Å²) in [6.07, 6.45) is -5.35. The fraction of sp³-hybridized carbons (Fsp3) is 0.333. The number of carboxylic acids is 1. The minimum absolute atomic E-state index is 0.305. The van der Waals surface area contributed by atoms with E-state index < -0.39 is 30.5 Å². The van der Waals surface area contributed by atoms with Gasteiger partial charge < -0.3 is 19.6 Å². The SMILES string of the molecule is COc1ccc2c(CC(=O)NC(CC(F)(F)F)C(=O)O)coc2c1. The molecule has 24 heavy (non-hydrogen) atoms. The van der Waals surface area contributed by atoms with Crippen LogP contribution in [0.4, 0.5) is 13.2 Å². The number of rotatable bonds is 6. The topological polar surface area (TPSA) is 88.8 Å². The van der Waals surface area contributed by atoms with E-state index in [1.165, 1.54) is 13.4 Å². The van der Waals surface area contributed by atoms with Crippen molar-refractivity contribution in [2.24, 2.45) is 0 Å². The zero-order valence-corrected chi connectivity index (χ0v) is 12.5. The van der Waals surface area contributed by atoms with Crippen molar-refractivity contribution in [3.8, 4) is 5.75 Å². The molecule has 0 bridgehead atoms. The zero-order valence-electron chi connectivity index (χ0n) is 12.5. The summed E-state index contributed by atoms with van der Waals surface area (Å²) in [6, 6.07) is 2.85. The Balaban J connectivity index is 2.10. The first kappa shape index (κ1) is 17.6. The van der Waals surface area contributed by atoms with Crippen molar-refractivity contribution in [1.29, 1.82) is 0 Å². The van der Waals surface area contributed by atoms with Gasteiger partial charge in [0.1, 0.15) is 17.4 Å². The third-order valence-corrected chi connectivity index (χ3v) is 3.28. The van der Waals surface area contributed by atoms with E-state index in [1.807, 2.05) is 5.32 Å². The maximum atomic E-state index is 12.3. The van der Waals surface area contributed by atoms with Crippen LogP contribution in [0.25, 0.3) is 11.0 Å². The maximum absolute atomic E-state index is 12.3. The molecule has 1 amide bonds. The van der Waals surface area contributed by atoms with Crippen molar-refractivity contribution in [3.05, 3.63) is 30.0 Å². The average Bonchev–Trinajstić information content (AvgIpc) is 2.87. The first-order chi connectivity index (χ1) is 11.2. The Morgan fingerprint density at radius 1 is 1.38 bits per heavy atom. The van der Waals surface area contributed by atoms with E-state index in [0.29, 0.717) is 22.3 Å². The molecular formula is C15H14F3NO5. The quantitative estimate of drug-likeness (QED) is 0.840. The standard InChI is InChI=1S/C15H14F3NO5/c1-23-9-2-3-10-8(7-24-12(10)5-9)4-13(20)19-11(14(21)22)6-15(16,17)18/h2-3,5,7,11H,4,6H2,1H3,(H,19,20)(H,21,22). The molecule has 1 heterocycles. The zero-order chi connectivity index (χ0) is 17.9. The van der Waals surface area contributed by atoms with Crippen LogP contribution in [0.2, 0.25) is 0 Å². The third kappa shape index (κ3) is 4.40. The van der Waals surface area contributed by atoms with Crippen molar-refractivity contribution < 1.29 is 37.0 Å². The molecule has 2 N–H and O–H groups in total. The fourth-order valence-electron chi connectivity index (χ4n) is 2.18. The Morgan fingerprint density at radius 2 is 2.08 bits per heavy atom. The molecule has 0 radical (unpaired) electrons. The molecule has 0 aliphatic rings. The van der Waals surface area contributed by atoms with Crippen LogP contribution in [-0.2, 0) is 16.0 Å². The van der Waals surface area contributed by atoms with Gasteiger partial charge in [-0.05, 0) is 12.1 Å². The Bertz CT molecular complexity index is 753. The minimum atomic E-state index is -4.70. The highest BCUT2D eigenvalue weighted by Crippen LogP contribution is 2.26. The Morgan fingerprint density at radius 3 is 2.67 bits per heavy atom. The summed E-state index contributed by atoms with van der Waals surface area (Å²) in [5, 5.41) is 11.3. The largest absolute Gasteiger partial charge is 0.497 e. The number of hydrogen-bond acceptors (Lipinski definition) is 4. The van der Waals surface area contributed by atoms with Crippen LogP contribution in [0, 0.1) is 0 Å². The van der Waals surface area contributed by atoms with Crippen molar-refractivity contribution in [2.75, 3.05) is 7.11 Å². The molecule has 0 spiro atoms. The number of furan rings is 1. The van der Waals surface area contributed by atoms with Crippen molar-refractivity contribution in [2.45, 2.75) is 25.1 Å². The fourth-order valence-corrected chi connectivity index (χ4v) is 2.18.